The summed E-state index contributed by atoms with van der Waals surface area (Å²) in [7, 11) is 1.83. The third kappa shape index (κ3) is 2.43. The van der Waals surface area contributed by atoms with Gasteiger partial charge in [-0.15, -0.1) is 0 Å². The molecule has 2 bridgehead atoms. The second-order valence-electron chi connectivity index (χ2n) is 7.05. The Kier molecular flexibility index (Phi) is 3.68. The van der Waals surface area contributed by atoms with Crippen LogP contribution in [0.25, 0.3) is 11.2 Å². The maximum atomic E-state index is 11.8. The number of nitrogens with two attached hydrogens (primary N) is 1. The minimum Gasteiger partial charge on any atom is -0.380 e. The van der Waals surface area contributed by atoms with Crippen LogP contribution in [-0.4, -0.2) is 39.6 Å². The summed E-state index contributed by atoms with van der Waals surface area (Å²) in [5, 5.41) is 3.59. The van der Waals surface area contributed by atoms with Crippen molar-refractivity contribution in [3.63, 3.8) is 0 Å². The van der Waals surface area contributed by atoms with E-state index in [1.165, 1.54) is 19.0 Å². The number of anilines is 1. The number of nitrogens with one attached hydrogen (secondary N) is 2. The van der Waals surface area contributed by atoms with Gasteiger partial charge in [-0.2, -0.15) is 0 Å². The quantitative estimate of drug-likeness (QED) is 0.797. The third-order valence-electron chi connectivity index (χ3n) is 5.80. The molecule has 0 radical (unpaired) electrons. The molecular weight excluding hydrogens is 306 g/mol. The lowest BCUT2D eigenvalue weighted by Crippen LogP contribution is -2.48. The van der Waals surface area contributed by atoms with Gasteiger partial charge in [0.1, 0.15) is 5.52 Å². The number of amides is 1. The summed E-state index contributed by atoms with van der Waals surface area (Å²) in [6.07, 6.45) is 9.77. The number of hydrogen-bond acceptors (Lipinski definition) is 5. The van der Waals surface area contributed by atoms with Crippen LogP contribution in [0.4, 0.5) is 5.69 Å². The van der Waals surface area contributed by atoms with Crippen LogP contribution in [0.5, 0.6) is 0 Å². The van der Waals surface area contributed by atoms with Crippen molar-refractivity contribution in [2.75, 3.05) is 12.4 Å². The van der Waals surface area contributed by atoms with Gasteiger partial charge in [0.15, 0.2) is 5.65 Å². The lowest BCUT2D eigenvalue weighted by atomic mass is 9.67. The lowest BCUT2D eigenvalue weighted by Gasteiger charge is -2.48. The Labute approximate surface area is 140 Å². The molecule has 0 unspecified atom stereocenters. The predicted molar refractivity (Wildman–Crippen MR) is 90.7 cm³/mol. The van der Waals surface area contributed by atoms with E-state index in [4.69, 9.17) is 10.5 Å². The molecule has 0 aliphatic heterocycles. The van der Waals surface area contributed by atoms with Crippen LogP contribution in [0.2, 0.25) is 0 Å². The Hall–Kier alpha value is -2.15. The van der Waals surface area contributed by atoms with E-state index in [0.717, 1.165) is 36.9 Å². The predicted octanol–water partition coefficient (Wildman–Crippen LogP) is 2.21. The summed E-state index contributed by atoms with van der Waals surface area (Å²) in [6.45, 7) is 0. The van der Waals surface area contributed by atoms with E-state index in [-0.39, 0.29) is 5.60 Å². The van der Waals surface area contributed by atoms with Crippen LogP contribution in [0.15, 0.2) is 12.5 Å². The van der Waals surface area contributed by atoms with Gasteiger partial charge in [-0.25, -0.2) is 9.97 Å². The van der Waals surface area contributed by atoms with Gasteiger partial charge < -0.3 is 20.8 Å². The number of rotatable bonds is 4. The molecule has 3 atom stereocenters. The van der Waals surface area contributed by atoms with Crippen molar-refractivity contribution < 1.29 is 9.53 Å². The topological polar surface area (TPSA) is 106 Å². The first-order valence-corrected chi connectivity index (χ1v) is 8.55. The zero-order valence-corrected chi connectivity index (χ0v) is 13.8. The molecule has 4 N–H and O–H groups in total. The molecule has 0 aromatic carbocycles. The summed E-state index contributed by atoms with van der Waals surface area (Å²) in [6, 6.07) is 0.306. The average Bonchev–Trinajstić information content (AvgIpc) is 3.06. The molecule has 2 fully saturated rings. The van der Waals surface area contributed by atoms with E-state index in [2.05, 4.69) is 20.3 Å². The molecule has 2 aliphatic carbocycles. The van der Waals surface area contributed by atoms with Crippen LogP contribution < -0.4 is 11.1 Å². The lowest BCUT2D eigenvalue weighted by molar-refractivity contribution is -0.0830. The fourth-order valence-corrected chi connectivity index (χ4v) is 4.49. The van der Waals surface area contributed by atoms with Crippen LogP contribution in [0, 0.1) is 5.92 Å². The highest BCUT2D eigenvalue weighted by Crippen LogP contribution is 2.46. The highest BCUT2D eigenvalue weighted by molar-refractivity contribution is 6.04. The van der Waals surface area contributed by atoms with Gasteiger partial charge in [0.05, 0.1) is 23.2 Å². The number of aromatic amines is 1. The van der Waals surface area contributed by atoms with E-state index in [9.17, 15) is 4.79 Å². The first-order valence-electron chi connectivity index (χ1n) is 8.55. The number of hydrogen-bond donors (Lipinski definition) is 3. The number of primary amides is 1. The number of nitrogens with zero attached hydrogens (tertiary/aromatic N) is 2. The number of pyridine rings is 1. The number of ether oxygens (including phenoxy) is 1. The van der Waals surface area contributed by atoms with Gasteiger partial charge >= 0.3 is 0 Å². The zero-order chi connectivity index (χ0) is 16.7. The van der Waals surface area contributed by atoms with Gasteiger partial charge in [0.25, 0.3) is 5.91 Å². The molecule has 24 heavy (non-hydrogen) atoms. The van der Waals surface area contributed by atoms with E-state index < -0.39 is 5.91 Å². The van der Waals surface area contributed by atoms with E-state index in [1.807, 2.05) is 7.11 Å². The SMILES string of the molecule is CO[C@]12CCC[C@H](C1)[C@@H](Nc1c(C(N)=O)cnc3nc[nH]c13)CC2. The monoisotopic (exact) mass is 329 g/mol. The number of imidazole rings is 1. The standard InChI is InChI=1S/C17H23N5O2/c1-24-17-5-2-3-10(7-17)12(4-6-17)22-13-11(15(18)23)8-19-16-14(13)20-9-21-16/h8-10,12H,2-7H2,1H3,(H2,18,23)(H2,19,20,21,22)/t10-,12+,17+/m1/s1. The number of aromatic nitrogens is 3. The molecule has 2 aromatic heterocycles. The highest BCUT2D eigenvalue weighted by atomic mass is 16.5. The van der Waals surface area contributed by atoms with Gasteiger partial charge in [0, 0.05) is 19.3 Å². The second-order valence-corrected chi connectivity index (χ2v) is 7.05. The normalized spacial score (nSPS) is 29.5. The first-order chi connectivity index (χ1) is 11.6. The third-order valence-corrected chi connectivity index (χ3v) is 5.80. The Balaban J connectivity index is 1.66. The summed E-state index contributed by atoms with van der Waals surface area (Å²) in [4.78, 5) is 23.3. The molecule has 2 aromatic rings. The van der Waals surface area contributed by atoms with Crippen LogP contribution in [-0.2, 0) is 4.74 Å². The molecule has 2 saturated carbocycles. The molecule has 4 rings (SSSR count). The first kappa shape index (κ1) is 15.4. The Morgan fingerprint density at radius 2 is 2.29 bits per heavy atom. The summed E-state index contributed by atoms with van der Waals surface area (Å²) in [5.74, 6) is 0.0616. The number of methoxy groups -OCH3 is 1. The Morgan fingerprint density at radius 3 is 3.08 bits per heavy atom. The summed E-state index contributed by atoms with van der Waals surface area (Å²) >= 11 is 0. The Bertz CT molecular complexity index is 773. The fourth-order valence-electron chi connectivity index (χ4n) is 4.49. The molecule has 2 heterocycles. The largest absolute Gasteiger partial charge is 0.380 e. The van der Waals surface area contributed by atoms with Crippen LogP contribution in [0.1, 0.15) is 48.9 Å². The van der Waals surface area contributed by atoms with Crippen molar-refractivity contribution in [3.05, 3.63) is 18.1 Å². The van der Waals surface area contributed by atoms with Gasteiger partial charge in [-0.3, -0.25) is 4.79 Å². The van der Waals surface area contributed by atoms with Crippen molar-refractivity contribution >= 4 is 22.8 Å². The molecular formula is C17H23N5O2. The van der Waals surface area contributed by atoms with Crippen molar-refractivity contribution in [2.24, 2.45) is 11.7 Å². The van der Waals surface area contributed by atoms with Crippen LogP contribution in [0.3, 0.4) is 0 Å². The fraction of sp³-hybridized carbons (Fsp3) is 0.588. The smallest absolute Gasteiger partial charge is 0.252 e. The highest BCUT2D eigenvalue weighted by Gasteiger charge is 2.44. The number of carbonyl (C=O) groups is 1. The minimum absolute atomic E-state index is 0.0508. The number of carbonyl (C=O) groups excluding carboxylic acids is 1. The molecule has 2 aliphatic rings. The number of H-pyrrole nitrogens is 1. The summed E-state index contributed by atoms with van der Waals surface area (Å²) in [5.41, 5.74) is 8.07. The van der Waals surface area contributed by atoms with Crippen molar-refractivity contribution in [2.45, 2.75) is 50.2 Å². The zero-order valence-electron chi connectivity index (χ0n) is 13.8. The van der Waals surface area contributed by atoms with E-state index in [1.54, 1.807) is 6.33 Å². The number of fused-ring (bicyclic) bond motifs is 3. The average molecular weight is 329 g/mol. The maximum absolute atomic E-state index is 11.8. The van der Waals surface area contributed by atoms with E-state index >= 15 is 0 Å². The molecule has 1 amide bonds. The molecule has 128 valence electrons. The van der Waals surface area contributed by atoms with Gasteiger partial charge in [0.2, 0.25) is 0 Å². The second kappa shape index (κ2) is 5.73. The summed E-state index contributed by atoms with van der Waals surface area (Å²) < 4.78 is 5.84. The van der Waals surface area contributed by atoms with Crippen molar-refractivity contribution in [1.82, 2.24) is 15.0 Å². The van der Waals surface area contributed by atoms with Gasteiger partial charge in [-0.05, 0) is 38.0 Å². The Morgan fingerprint density at radius 1 is 1.42 bits per heavy atom. The molecule has 7 nitrogen and oxygen atoms in total. The van der Waals surface area contributed by atoms with Crippen molar-refractivity contribution in [3.8, 4) is 0 Å². The minimum atomic E-state index is -0.479. The van der Waals surface area contributed by atoms with E-state index in [0.29, 0.717) is 23.2 Å². The molecule has 0 saturated heterocycles. The van der Waals surface area contributed by atoms with Crippen LogP contribution >= 0.6 is 0 Å². The molecule has 0 spiro atoms. The maximum Gasteiger partial charge on any atom is 0.252 e. The van der Waals surface area contributed by atoms with Crippen molar-refractivity contribution in [1.29, 1.82) is 0 Å². The molecule has 7 heteroatoms. The van der Waals surface area contributed by atoms with Gasteiger partial charge in [-0.1, -0.05) is 6.42 Å².